The molecule has 124 valence electrons. The molecule has 1 saturated carbocycles. The van der Waals surface area contributed by atoms with Gasteiger partial charge in [0.05, 0.1) is 13.2 Å². The average molecular weight is 315 g/mol. The van der Waals surface area contributed by atoms with Gasteiger partial charge in [-0.15, -0.1) is 0 Å². The second-order valence-electron chi connectivity index (χ2n) is 7.74. The highest BCUT2D eigenvalue weighted by atomic mass is 28.4. The Hall–Kier alpha value is 0.0969. The van der Waals surface area contributed by atoms with Gasteiger partial charge in [-0.05, 0) is 29.5 Å². The Kier molecular flexibility index (Phi) is 5.56. The van der Waals surface area contributed by atoms with E-state index in [1.807, 2.05) is 0 Å². The van der Waals surface area contributed by atoms with Crippen molar-refractivity contribution in [2.75, 3.05) is 13.2 Å². The highest BCUT2D eigenvalue weighted by Gasteiger charge is 2.48. The van der Waals surface area contributed by atoms with Gasteiger partial charge in [0.15, 0.2) is 5.79 Å². The van der Waals surface area contributed by atoms with Gasteiger partial charge in [-0.2, -0.15) is 0 Å². The van der Waals surface area contributed by atoms with E-state index in [0.717, 1.165) is 38.9 Å². The predicted octanol–water partition coefficient (Wildman–Crippen LogP) is 4.86. The predicted molar refractivity (Wildman–Crippen MR) is 89.0 cm³/mol. The van der Waals surface area contributed by atoms with Gasteiger partial charge in [0, 0.05) is 18.9 Å². The molecule has 21 heavy (non-hydrogen) atoms. The maximum Gasteiger partial charge on any atom is 0.200 e. The third-order valence-electron chi connectivity index (χ3n) is 5.59. The highest BCUT2D eigenvalue weighted by Crippen LogP contribution is 2.45. The van der Waals surface area contributed by atoms with Crippen LogP contribution >= 0.6 is 0 Å². The fourth-order valence-corrected chi connectivity index (χ4v) is 10.3. The maximum absolute atomic E-state index is 6.89. The molecule has 1 heterocycles. The molecule has 1 aliphatic heterocycles. The lowest BCUT2D eigenvalue weighted by Gasteiger charge is -2.46. The van der Waals surface area contributed by atoms with Crippen molar-refractivity contribution < 1.29 is 13.9 Å². The quantitative estimate of drug-likeness (QED) is 0.678. The van der Waals surface area contributed by atoms with E-state index in [-0.39, 0.29) is 5.79 Å². The van der Waals surface area contributed by atoms with Crippen molar-refractivity contribution in [3.05, 3.63) is 0 Å². The lowest BCUT2D eigenvalue weighted by Crippen LogP contribution is -2.51. The summed E-state index contributed by atoms with van der Waals surface area (Å²) in [6.07, 6.45) is 4.57. The van der Waals surface area contributed by atoms with Crippen LogP contribution in [0.2, 0.25) is 16.6 Å². The molecule has 0 unspecified atom stereocenters. The van der Waals surface area contributed by atoms with Crippen LogP contribution in [0.1, 0.15) is 67.2 Å². The Balaban J connectivity index is 2.02. The Morgan fingerprint density at radius 1 is 0.857 bits per heavy atom. The van der Waals surface area contributed by atoms with Crippen LogP contribution in [-0.2, 0) is 13.9 Å². The van der Waals surface area contributed by atoms with E-state index >= 15 is 0 Å². The zero-order valence-electron chi connectivity index (χ0n) is 14.8. The van der Waals surface area contributed by atoms with Crippen molar-refractivity contribution in [2.45, 2.75) is 95.7 Å². The number of hydrogen-bond acceptors (Lipinski definition) is 3. The molecule has 1 spiro atoms. The zero-order chi connectivity index (χ0) is 15.7. The average Bonchev–Trinajstić information content (AvgIpc) is 2.85. The van der Waals surface area contributed by atoms with Crippen molar-refractivity contribution in [2.24, 2.45) is 0 Å². The minimum atomic E-state index is -1.75. The minimum absolute atomic E-state index is 0.266. The van der Waals surface area contributed by atoms with Crippen molar-refractivity contribution >= 4 is 8.32 Å². The summed E-state index contributed by atoms with van der Waals surface area (Å²) in [6.45, 7) is 15.7. The fraction of sp³-hybridized carbons (Fsp3) is 1.00. The summed E-state index contributed by atoms with van der Waals surface area (Å²) in [5.74, 6) is -0.266. The van der Waals surface area contributed by atoms with E-state index < -0.39 is 8.32 Å². The molecule has 2 aliphatic rings. The normalized spacial score (nSPS) is 23.9. The molecule has 0 aromatic carbocycles. The van der Waals surface area contributed by atoms with Crippen LogP contribution in [0, 0.1) is 0 Å². The summed E-state index contributed by atoms with van der Waals surface area (Å²) in [5.41, 5.74) is 1.98. The first-order chi connectivity index (χ1) is 9.82. The van der Waals surface area contributed by atoms with Crippen LogP contribution in [0.15, 0.2) is 0 Å². The first-order valence-corrected chi connectivity index (χ1v) is 10.9. The van der Waals surface area contributed by atoms with Crippen molar-refractivity contribution in [3.63, 3.8) is 0 Å². The van der Waals surface area contributed by atoms with Gasteiger partial charge in [0.1, 0.15) is 0 Å². The topological polar surface area (TPSA) is 27.7 Å². The minimum Gasteiger partial charge on any atom is -0.413 e. The van der Waals surface area contributed by atoms with E-state index in [9.17, 15) is 0 Å². The summed E-state index contributed by atoms with van der Waals surface area (Å²) in [7, 11) is -1.75. The van der Waals surface area contributed by atoms with Crippen molar-refractivity contribution in [1.82, 2.24) is 0 Å². The summed E-state index contributed by atoms with van der Waals surface area (Å²) < 4.78 is 18.6. The molecular weight excluding hydrogens is 280 g/mol. The standard InChI is InChI=1S/C17H34O3Si/c1-13(2)21(14(3)4,15(5)6)20-16-7-9-17(10-8-16)18-11-12-19-17/h13-16H,7-12H2,1-6H3. The van der Waals surface area contributed by atoms with Gasteiger partial charge >= 0.3 is 0 Å². The Morgan fingerprint density at radius 3 is 1.67 bits per heavy atom. The maximum atomic E-state index is 6.89. The molecule has 2 rings (SSSR count). The third-order valence-corrected chi connectivity index (χ3v) is 11.7. The number of rotatable bonds is 5. The molecule has 1 aliphatic carbocycles. The first kappa shape index (κ1) is 17.5. The molecule has 0 bridgehead atoms. The monoisotopic (exact) mass is 314 g/mol. The molecule has 0 amide bonds. The molecule has 4 heteroatoms. The van der Waals surface area contributed by atoms with E-state index in [1.54, 1.807) is 0 Å². The number of ether oxygens (including phenoxy) is 2. The van der Waals surface area contributed by atoms with Crippen LogP contribution in [0.5, 0.6) is 0 Å². The van der Waals surface area contributed by atoms with E-state index in [1.165, 1.54) is 0 Å². The molecule has 0 atom stereocenters. The third kappa shape index (κ3) is 3.38. The Morgan fingerprint density at radius 2 is 1.29 bits per heavy atom. The van der Waals surface area contributed by atoms with Crippen molar-refractivity contribution in [1.29, 1.82) is 0 Å². The first-order valence-electron chi connectivity index (χ1n) is 8.78. The van der Waals surface area contributed by atoms with Crippen molar-refractivity contribution in [3.8, 4) is 0 Å². The summed E-state index contributed by atoms with van der Waals surface area (Å²) >= 11 is 0. The Bertz CT molecular complexity index is 303. The molecule has 0 radical (unpaired) electrons. The highest BCUT2D eigenvalue weighted by molar-refractivity contribution is 6.77. The largest absolute Gasteiger partial charge is 0.413 e. The van der Waals surface area contributed by atoms with Gasteiger partial charge in [-0.25, -0.2) is 0 Å². The van der Waals surface area contributed by atoms with Crippen LogP contribution < -0.4 is 0 Å². The van der Waals surface area contributed by atoms with Crippen LogP contribution in [-0.4, -0.2) is 33.4 Å². The van der Waals surface area contributed by atoms with Crippen LogP contribution in [0.3, 0.4) is 0 Å². The lowest BCUT2D eigenvalue weighted by molar-refractivity contribution is -0.186. The smallest absolute Gasteiger partial charge is 0.200 e. The van der Waals surface area contributed by atoms with E-state index in [0.29, 0.717) is 22.7 Å². The Labute approximate surface area is 131 Å². The van der Waals surface area contributed by atoms with Gasteiger partial charge in [0.25, 0.3) is 0 Å². The molecule has 3 nitrogen and oxygen atoms in total. The van der Waals surface area contributed by atoms with Gasteiger partial charge in [0.2, 0.25) is 8.32 Å². The van der Waals surface area contributed by atoms with Gasteiger partial charge in [-0.1, -0.05) is 41.5 Å². The second-order valence-corrected chi connectivity index (χ2v) is 13.1. The van der Waals surface area contributed by atoms with Gasteiger partial charge < -0.3 is 13.9 Å². The SMILES string of the molecule is CC(C)[Si](OC1CCC2(CC1)OCCO2)(C(C)C)C(C)C. The summed E-state index contributed by atoms with van der Waals surface area (Å²) in [4.78, 5) is 0. The zero-order valence-corrected chi connectivity index (χ0v) is 15.8. The van der Waals surface area contributed by atoms with Crippen LogP contribution in [0.4, 0.5) is 0 Å². The van der Waals surface area contributed by atoms with Crippen LogP contribution in [0.25, 0.3) is 0 Å². The van der Waals surface area contributed by atoms with E-state index in [4.69, 9.17) is 13.9 Å². The molecule has 0 aromatic heterocycles. The molecule has 1 saturated heterocycles. The molecule has 0 aromatic rings. The lowest BCUT2D eigenvalue weighted by atomic mass is 9.92. The molecule has 0 N–H and O–H groups in total. The van der Waals surface area contributed by atoms with Gasteiger partial charge in [-0.3, -0.25) is 0 Å². The fourth-order valence-electron chi connectivity index (χ4n) is 4.63. The van der Waals surface area contributed by atoms with E-state index in [2.05, 4.69) is 41.5 Å². The second kappa shape index (κ2) is 6.69. The summed E-state index contributed by atoms with van der Waals surface area (Å²) in [6, 6.07) is 0. The molecule has 2 fully saturated rings. The number of hydrogen-bond donors (Lipinski definition) is 0. The molecular formula is C17H34O3Si. The summed E-state index contributed by atoms with van der Waals surface area (Å²) in [5, 5.41) is 0.